The number of carbonyl (C=O) groups is 2. The molecule has 37 heavy (non-hydrogen) atoms. The van der Waals surface area contributed by atoms with Crippen molar-refractivity contribution in [2.45, 2.75) is 76.4 Å². The zero-order valence-electron chi connectivity index (χ0n) is 22.3. The van der Waals surface area contributed by atoms with Gasteiger partial charge in [0, 0.05) is 22.8 Å². The zero-order valence-corrected chi connectivity index (χ0v) is 23.2. The van der Waals surface area contributed by atoms with E-state index < -0.39 is 28.8 Å². The summed E-state index contributed by atoms with van der Waals surface area (Å²) in [6, 6.07) is 11.8. The van der Waals surface area contributed by atoms with Crippen molar-refractivity contribution in [3.05, 3.63) is 59.9 Å². The fourth-order valence-corrected chi connectivity index (χ4v) is 5.40. The Morgan fingerprint density at radius 1 is 1.03 bits per heavy atom. The number of carbonyl (C=O) groups excluding carboxylic acids is 2. The molecule has 2 unspecified atom stereocenters. The molecule has 3 rings (SSSR count). The van der Waals surface area contributed by atoms with Crippen LogP contribution in [0, 0.1) is 11.7 Å². The predicted molar refractivity (Wildman–Crippen MR) is 146 cm³/mol. The first-order valence-electron chi connectivity index (χ1n) is 12.8. The Hall–Kier alpha value is -2.62. The zero-order chi connectivity index (χ0) is 27.2. The van der Waals surface area contributed by atoms with Crippen LogP contribution in [-0.2, 0) is 15.8 Å². The monoisotopic (exact) mass is 530 g/mol. The second-order valence-corrected chi connectivity index (χ2v) is 12.2. The SMILES string of the molecule is CC(C)N1CCC(CC(NC(=O)c2ccc(F)cc2)C(=O)Nc2ccc(S(=O)NC(C)(C)C)cc2)CC1. The number of hydrogen-bond acceptors (Lipinski definition) is 4. The van der Waals surface area contributed by atoms with Gasteiger partial charge in [0.25, 0.3) is 5.91 Å². The number of rotatable bonds is 9. The van der Waals surface area contributed by atoms with Gasteiger partial charge >= 0.3 is 0 Å². The molecule has 202 valence electrons. The van der Waals surface area contributed by atoms with Crippen LogP contribution >= 0.6 is 0 Å². The number of nitrogens with one attached hydrogen (secondary N) is 3. The largest absolute Gasteiger partial charge is 0.340 e. The van der Waals surface area contributed by atoms with Crippen molar-refractivity contribution < 1.29 is 18.2 Å². The number of nitrogens with zero attached hydrogens (tertiary/aromatic N) is 1. The highest BCUT2D eigenvalue weighted by molar-refractivity contribution is 7.83. The lowest BCUT2D eigenvalue weighted by Crippen LogP contribution is -2.46. The third kappa shape index (κ3) is 9.02. The molecule has 1 aliphatic rings. The van der Waals surface area contributed by atoms with Crippen molar-refractivity contribution in [2.75, 3.05) is 18.4 Å². The van der Waals surface area contributed by atoms with Crippen LogP contribution in [-0.4, -0.2) is 51.6 Å². The standard InChI is InChI=1S/C28H39FN4O3S/c1-19(2)33-16-14-20(15-17-33)18-25(31-26(34)21-6-8-22(29)9-7-21)27(35)30-23-10-12-24(13-11-23)37(36)32-28(3,4)5/h6-13,19-20,25,32H,14-18H2,1-5H3,(H,30,35)(H,31,34). The van der Waals surface area contributed by atoms with Crippen LogP contribution in [0.1, 0.15) is 64.2 Å². The van der Waals surface area contributed by atoms with Crippen LogP contribution in [0.3, 0.4) is 0 Å². The molecular weight excluding hydrogens is 491 g/mol. The van der Waals surface area contributed by atoms with E-state index in [0.717, 1.165) is 25.9 Å². The summed E-state index contributed by atoms with van der Waals surface area (Å²) in [7, 11) is -1.38. The molecule has 2 atom stereocenters. The van der Waals surface area contributed by atoms with Gasteiger partial charge in [0.15, 0.2) is 0 Å². The number of piperidine rings is 1. The average molecular weight is 531 g/mol. The Kier molecular flexibility index (Phi) is 9.98. The van der Waals surface area contributed by atoms with Crippen LogP contribution in [0.15, 0.2) is 53.4 Å². The van der Waals surface area contributed by atoms with Crippen LogP contribution in [0.5, 0.6) is 0 Å². The lowest BCUT2D eigenvalue weighted by molar-refractivity contribution is -0.118. The third-order valence-corrected chi connectivity index (χ3v) is 7.91. The molecule has 2 aromatic rings. The molecule has 3 N–H and O–H groups in total. The fourth-order valence-electron chi connectivity index (χ4n) is 4.34. The summed E-state index contributed by atoms with van der Waals surface area (Å²) >= 11 is 0. The van der Waals surface area contributed by atoms with Crippen molar-refractivity contribution in [1.29, 1.82) is 0 Å². The van der Waals surface area contributed by atoms with Crippen LogP contribution < -0.4 is 15.4 Å². The van der Waals surface area contributed by atoms with Gasteiger partial charge in [-0.05, 0) is 121 Å². The van der Waals surface area contributed by atoms with E-state index in [2.05, 4.69) is 34.1 Å². The maximum atomic E-state index is 13.3. The smallest absolute Gasteiger partial charge is 0.251 e. The second kappa shape index (κ2) is 12.8. The molecule has 2 amide bonds. The molecule has 0 bridgehead atoms. The molecule has 2 aromatic carbocycles. The first-order chi connectivity index (χ1) is 17.4. The Morgan fingerprint density at radius 2 is 1.62 bits per heavy atom. The van der Waals surface area contributed by atoms with Gasteiger partial charge in [0.2, 0.25) is 5.91 Å². The molecule has 1 fully saturated rings. The minimum absolute atomic E-state index is 0.298. The van der Waals surface area contributed by atoms with Crippen molar-refractivity contribution in [2.24, 2.45) is 5.92 Å². The molecule has 1 aliphatic heterocycles. The van der Waals surface area contributed by atoms with E-state index in [0.29, 0.717) is 34.5 Å². The van der Waals surface area contributed by atoms with Crippen LogP contribution in [0.25, 0.3) is 0 Å². The Morgan fingerprint density at radius 3 is 2.16 bits per heavy atom. The van der Waals surface area contributed by atoms with E-state index in [1.807, 2.05) is 20.8 Å². The molecule has 0 spiro atoms. The minimum atomic E-state index is -1.38. The highest BCUT2D eigenvalue weighted by Crippen LogP contribution is 2.24. The van der Waals surface area contributed by atoms with Crippen molar-refractivity contribution in [3.63, 3.8) is 0 Å². The van der Waals surface area contributed by atoms with Gasteiger partial charge in [-0.1, -0.05) is 0 Å². The van der Waals surface area contributed by atoms with Crippen LogP contribution in [0.4, 0.5) is 10.1 Å². The number of benzene rings is 2. The first kappa shape index (κ1) is 28.9. The van der Waals surface area contributed by atoms with Crippen molar-refractivity contribution in [1.82, 2.24) is 14.9 Å². The summed E-state index contributed by atoms with van der Waals surface area (Å²) in [5, 5.41) is 5.76. The Balaban J connectivity index is 1.69. The molecule has 7 nitrogen and oxygen atoms in total. The Bertz CT molecular complexity index is 1080. The highest BCUT2D eigenvalue weighted by Gasteiger charge is 2.28. The number of halogens is 1. The maximum Gasteiger partial charge on any atom is 0.251 e. The summed E-state index contributed by atoms with van der Waals surface area (Å²) in [6.45, 7) is 12.1. The van der Waals surface area contributed by atoms with E-state index >= 15 is 0 Å². The van der Waals surface area contributed by atoms with Gasteiger partial charge in [0.05, 0.1) is 4.90 Å². The number of hydrogen-bond donors (Lipinski definition) is 3. The topological polar surface area (TPSA) is 90.5 Å². The molecule has 0 radical (unpaired) electrons. The minimum Gasteiger partial charge on any atom is -0.340 e. The molecule has 0 saturated carbocycles. The van der Waals surface area contributed by atoms with Gasteiger partial charge in [-0.15, -0.1) is 0 Å². The predicted octanol–water partition coefficient (Wildman–Crippen LogP) is 4.48. The third-order valence-electron chi connectivity index (χ3n) is 6.41. The van der Waals surface area contributed by atoms with E-state index in [1.165, 1.54) is 24.3 Å². The molecule has 0 aromatic heterocycles. The lowest BCUT2D eigenvalue weighted by atomic mass is 9.89. The number of anilines is 1. The maximum absolute atomic E-state index is 13.3. The summed E-state index contributed by atoms with van der Waals surface area (Å²) in [5.74, 6) is -0.862. The summed E-state index contributed by atoms with van der Waals surface area (Å²) in [5.41, 5.74) is 0.545. The lowest BCUT2D eigenvalue weighted by Gasteiger charge is -2.35. The summed E-state index contributed by atoms with van der Waals surface area (Å²) in [4.78, 5) is 29.2. The summed E-state index contributed by atoms with van der Waals surface area (Å²) in [6.07, 6.45) is 2.42. The van der Waals surface area contributed by atoms with E-state index in [-0.39, 0.29) is 11.4 Å². The van der Waals surface area contributed by atoms with Gasteiger partial charge in [-0.3, -0.25) is 9.59 Å². The van der Waals surface area contributed by atoms with Gasteiger partial charge in [-0.25, -0.2) is 13.3 Å². The first-order valence-corrected chi connectivity index (χ1v) is 14.0. The van der Waals surface area contributed by atoms with Gasteiger partial charge < -0.3 is 15.5 Å². The molecule has 0 aliphatic carbocycles. The van der Waals surface area contributed by atoms with Gasteiger partial charge in [-0.2, -0.15) is 0 Å². The second-order valence-electron chi connectivity index (χ2n) is 11.0. The van der Waals surface area contributed by atoms with Crippen molar-refractivity contribution in [3.8, 4) is 0 Å². The van der Waals surface area contributed by atoms with Crippen molar-refractivity contribution >= 4 is 28.5 Å². The molecule has 1 saturated heterocycles. The number of likely N-dealkylation sites (tertiary alicyclic amines) is 1. The van der Waals surface area contributed by atoms with Gasteiger partial charge in [0.1, 0.15) is 22.8 Å². The van der Waals surface area contributed by atoms with E-state index in [1.54, 1.807) is 24.3 Å². The molecule has 1 heterocycles. The Labute approximate surface area is 222 Å². The van der Waals surface area contributed by atoms with E-state index in [4.69, 9.17) is 0 Å². The highest BCUT2D eigenvalue weighted by atomic mass is 32.2. The fraction of sp³-hybridized carbons (Fsp3) is 0.500. The molecular formula is C28H39FN4O3S. The normalized spacial score (nSPS) is 16.8. The quantitative estimate of drug-likeness (QED) is 0.446. The number of amides is 2. The summed E-state index contributed by atoms with van der Waals surface area (Å²) < 4.78 is 28.8. The average Bonchev–Trinajstić information content (AvgIpc) is 2.83. The van der Waals surface area contributed by atoms with Crippen LogP contribution in [0.2, 0.25) is 0 Å². The molecule has 9 heteroatoms. The van der Waals surface area contributed by atoms with E-state index in [9.17, 15) is 18.2 Å².